The first-order valence-electron chi connectivity index (χ1n) is 8.67. The average Bonchev–Trinajstić information content (AvgIpc) is 3.03. The maximum Gasteiger partial charge on any atom is 0.329 e. The Morgan fingerprint density at radius 3 is 1.84 bits per heavy atom. The molecule has 0 saturated heterocycles. The van der Waals surface area contributed by atoms with Gasteiger partial charge in [-0.1, -0.05) is 46.4 Å². The van der Waals surface area contributed by atoms with Crippen LogP contribution < -0.4 is 4.74 Å². The summed E-state index contributed by atoms with van der Waals surface area (Å²) in [5.74, 6) is -2.64. The van der Waals surface area contributed by atoms with Crippen molar-refractivity contribution in [2.24, 2.45) is 0 Å². The number of carbonyl (C=O) groups excluding carboxylic acids is 4. The van der Waals surface area contributed by atoms with Gasteiger partial charge < -0.3 is 9.47 Å². The summed E-state index contributed by atoms with van der Waals surface area (Å²) in [4.78, 5) is 50.9. The van der Waals surface area contributed by atoms with E-state index >= 15 is 0 Å². The minimum absolute atomic E-state index is 0.185. The normalized spacial score (nSPS) is 13.8. The summed E-state index contributed by atoms with van der Waals surface area (Å²) in [6.45, 7) is 0.685. The molecule has 162 valence electrons. The van der Waals surface area contributed by atoms with E-state index in [4.69, 9.17) is 55.9 Å². The standard InChI is InChI=1S/C20H13Cl4NO6/c1-8(20(29)31-7-11(26)9-3-5-10(30-2)6-4-9)25-18(27)12-13(19(25)28)15(22)17(24)16(23)14(12)21/h3-6,8H,7H2,1-2H3/t8-/m0/s1. The number of Topliss-reactive ketones (excluding diaryl/α,β-unsaturated/α-hetero) is 1. The Morgan fingerprint density at radius 1 is 0.903 bits per heavy atom. The number of nitrogens with zero attached hydrogens (tertiary/aromatic N) is 1. The van der Waals surface area contributed by atoms with Crippen LogP contribution in [0.25, 0.3) is 0 Å². The number of methoxy groups -OCH3 is 1. The highest BCUT2D eigenvalue weighted by atomic mass is 35.5. The van der Waals surface area contributed by atoms with Crippen molar-refractivity contribution in [3.05, 3.63) is 61.0 Å². The molecule has 31 heavy (non-hydrogen) atoms. The molecule has 7 nitrogen and oxygen atoms in total. The van der Waals surface area contributed by atoms with Crippen molar-refractivity contribution in [2.45, 2.75) is 13.0 Å². The number of carbonyl (C=O) groups is 4. The average molecular weight is 505 g/mol. The molecule has 2 amide bonds. The predicted molar refractivity (Wildman–Crippen MR) is 115 cm³/mol. The monoisotopic (exact) mass is 503 g/mol. The first-order valence-corrected chi connectivity index (χ1v) is 10.2. The fourth-order valence-electron chi connectivity index (χ4n) is 2.94. The van der Waals surface area contributed by atoms with Crippen molar-refractivity contribution in [1.82, 2.24) is 4.90 Å². The number of esters is 1. The third-order valence-electron chi connectivity index (χ3n) is 4.62. The van der Waals surface area contributed by atoms with E-state index in [2.05, 4.69) is 0 Å². The molecule has 2 aromatic carbocycles. The molecular weight excluding hydrogens is 492 g/mol. The molecule has 0 aliphatic carbocycles. The van der Waals surface area contributed by atoms with Gasteiger partial charge in [0.1, 0.15) is 11.8 Å². The fraction of sp³-hybridized carbons (Fsp3) is 0.200. The van der Waals surface area contributed by atoms with Gasteiger partial charge in [0.15, 0.2) is 12.4 Å². The fourth-order valence-corrected chi connectivity index (χ4v) is 3.96. The van der Waals surface area contributed by atoms with Gasteiger partial charge in [0, 0.05) is 5.56 Å². The summed E-state index contributed by atoms with van der Waals surface area (Å²) in [5, 5.41) is -0.866. The van der Waals surface area contributed by atoms with Crippen LogP contribution in [-0.4, -0.2) is 48.2 Å². The molecule has 1 aliphatic heterocycles. The highest BCUT2D eigenvalue weighted by Gasteiger charge is 2.45. The van der Waals surface area contributed by atoms with E-state index in [9.17, 15) is 19.2 Å². The number of halogens is 4. The topological polar surface area (TPSA) is 90.0 Å². The Bertz CT molecular complexity index is 1070. The van der Waals surface area contributed by atoms with Gasteiger partial charge >= 0.3 is 5.97 Å². The highest BCUT2D eigenvalue weighted by molar-refractivity contribution is 6.55. The zero-order chi connectivity index (χ0) is 23.0. The summed E-state index contributed by atoms with van der Waals surface area (Å²) < 4.78 is 10.0. The molecule has 11 heteroatoms. The zero-order valence-electron chi connectivity index (χ0n) is 16.0. The molecule has 0 aromatic heterocycles. The second-order valence-electron chi connectivity index (χ2n) is 6.42. The molecule has 2 aromatic rings. The lowest BCUT2D eigenvalue weighted by Gasteiger charge is -2.20. The number of ether oxygens (including phenoxy) is 2. The Hall–Kier alpha value is -2.32. The van der Waals surface area contributed by atoms with E-state index in [1.807, 2.05) is 0 Å². The molecule has 0 unspecified atom stereocenters. The number of amides is 2. The quantitative estimate of drug-likeness (QED) is 0.186. The second-order valence-corrected chi connectivity index (χ2v) is 7.93. The van der Waals surface area contributed by atoms with Crippen molar-refractivity contribution in [3.63, 3.8) is 0 Å². The van der Waals surface area contributed by atoms with Crippen LogP contribution in [0.15, 0.2) is 24.3 Å². The number of hydrogen-bond acceptors (Lipinski definition) is 6. The molecule has 0 bridgehead atoms. The van der Waals surface area contributed by atoms with E-state index < -0.39 is 36.2 Å². The van der Waals surface area contributed by atoms with Crippen LogP contribution in [0.2, 0.25) is 20.1 Å². The van der Waals surface area contributed by atoms with Crippen LogP contribution in [0.3, 0.4) is 0 Å². The van der Waals surface area contributed by atoms with E-state index in [0.717, 1.165) is 0 Å². The largest absolute Gasteiger partial charge is 0.497 e. The zero-order valence-corrected chi connectivity index (χ0v) is 19.0. The van der Waals surface area contributed by atoms with Crippen molar-refractivity contribution in [1.29, 1.82) is 0 Å². The van der Waals surface area contributed by atoms with Gasteiger partial charge in [0.05, 0.1) is 38.3 Å². The van der Waals surface area contributed by atoms with Crippen molar-refractivity contribution >= 4 is 70.0 Å². The number of benzene rings is 2. The number of fused-ring (bicyclic) bond motifs is 1. The van der Waals surface area contributed by atoms with E-state index in [1.165, 1.54) is 26.2 Å². The predicted octanol–water partition coefficient (Wildman–Crippen LogP) is 4.72. The summed E-state index contributed by atoms with van der Waals surface area (Å²) in [6.07, 6.45) is 0. The van der Waals surface area contributed by atoms with Gasteiger partial charge in [-0.05, 0) is 31.2 Å². The van der Waals surface area contributed by atoms with Gasteiger partial charge in [-0.3, -0.25) is 19.3 Å². The first-order chi connectivity index (χ1) is 14.6. The Kier molecular flexibility index (Phi) is 6.81. The Labute approximate surface area is 196 Å². The summed E-state index contributed by atoms with van der Waals surface area (Å²) >= 11 is 24.1. The maximum absolute atomic E-state index is 12.8. The molecule has 1 aliphatic rings. The lowest BCUT2D eigenvalue weighted by Crippen LogP contribution is -2.44. The van der Waals surface area contributed by atoms with E-state index in [0.29, 0.717) is 16.2 Å². The number of rotatable bonds is 6. The molecule has 0 radical (unpaired) electrons. The van der Waals surface area contributed by atoms with Crippen LogP contribution in [0.5, 0.6) is 5.75 Å². The van der Waals surface area contributed by atoms with E-state index in [1.54, 1.807) is 12.1 Å². The molecule has 3 rings (SSSR count). The van der Waals surface area contributed by atoms with Crippen LogP contribution >= 0.6 is 46.4 Å². The van der Waals surface area contributed by atoms with Crippen LogP contribution in [0.4, 0.5) is 0 Å². The SMILES string of the molecule is COc1ccc(C(=O)COC(=O)[C@H](C)N2C(=O)c3c(Cl)c(Cl)c(Cl)c(Cl)c3C2=O)cc1. The third-order valence-corrected chi connectivity index (χ3v) is 6.42. The Balaban J connectivity index is 1.75. The Morgan fingerprint density at radius 2 is 1.39 bits per heavy atom. The van der Waals surface area contributed by atoms with E-state index in [-0.39, 0.29) is 31.2 Å². The summed E-state index contributed by atoms with van der Waals surface area (Å²) in [7, 11) is 1.49. The lowest BCUT2D eigenvalue weighted by molar-refractivity contribution is -0.146. The summed E-state index contributed by atoms with van der Waals surface area (Å²) in [6, 6.07) is 4.83. The minimum Gasteiger partial charge on any atom is -0.497 e. The molecular formula is C20H13Cl4NO6. The van der Waals surface area contributed by atoms with Crippen LogP contribution in [-0.2, 0) is 9.53 Å². The smallest absolute Gasteiger partial charge is 0.329 e. The van der Waals surface area contributed by atoms with Crippen LogP contribution in [0.1, 0.15) is 38.0 Å². The van der Waals surface area contributed by atoms with Crippen molar-refractivity contribution in [3.8, 4) is 5.75 Å². The first kappa shape index (κ1) is 23.3. The van der Waals surface area contributed by atoms with Gasteiger partial charge in [0.25, 0.3) is 11.8 Å². The van der Waals surface area contributed by atoms with Crippen molar-refractivity contribution in [2.75, 3.05) is 13.7 Å². The molecule has 0 fully saturated rings. The van der Waals surface area contributed by atoms with Gasteiger partial charge in [-0.2, -0.15) is 0 Å². The molecule has 1 heterocycles. The molecule has 0 spiro atoms. The number of hydrogen-bond donors (Lipinski definition) is 0. The number of ketones is 1. The molecule has 0 N–H and O–H groups in total. The van der Waals surface area contributed by atoms with Gasteiger partial charge in [-0.25, -0.2) is 4.79 Å². The highest BCUT2D eigenvalue weighted by Crippen LogP contribution is 2.45. The number of imide groups is 1. The second kappa shape index (κ2) is 9.04. The summed E-state index contributed by atoms with van der Waals surface area (Å²) in [5.41, 5.74) is -0.204. The lowest BCUT2D eigenvalue weighted by atomic mass is 10.1. The van der Waals surface area contributed by atoms with Gasteiger partial charge in [-0.15, -0.1) is 0 Å². The van der Waals surface area contributed by atoms with Crippen LogP contribution in [0, 0.1) is 0 Å². The molecule has 0 saturated carbocycles. The maximum atomic E-state index is 12.8. The van der Waals surface area contributed by atoms with Gasteiger partial charge in [0.2, 0.25) is 0 Å². The minimum atomic E-state index is -1.36. The van der Waals surface area contributed by atoms with Crippen molar-refractivity contribution < 1.29 is 28.7 Å². The molecule has 1 atom stereocenters. The third kappa shape index (κ3) is 4.11.